The molecule has 0 aliphatic carbocycles. The van der Waals surface area contributed by atoms with Gasteiger partial charge in [0.05, 0.1) is 24.3 Å². The summed E-state index contributed by atoms with van der Waals surface area (Å²) in [5.41, 5.74) is 1.44. The number of Topliss-reactive ketones (excluding diaryl/α,β-unsaturated/α-hetero) is 1. The standard InChI is InChI=1S/C24H24FN3O4/c1-27(2)10-11-28-21(17-13-26-18-7-5-4-6-15(17)18)20(23(30)24(28)31)22(29)16-12-14(25)8-9-19(16)32-3/h4-9,12-13,21,26,29H,10-11H2,1-3H3/b22-20+. The highest BCUT2D eigenvalue weighted by Crippen LogP contribution is 2.43. The van der Waals surface area contributed by atoms with Crippen molar-refractivity contribution >= 4 is 28.4 Å². The van der Waals surface area contributed by atoms with Gasteiger partial charge >= 0.3 is 0 Å². The van der Waals surface area contributed by atoms with Gasteiger partial charge in [0.1, 0.15) is 17.3 Å². The highest BCUT2D eigenvalue weighted by atomic mass is 19.1. The molecule has 1 aromatic heterocycles. The number of ketones is 1. The quantitative estimate of drug-likeness (QED) is 0.351. The van der Waals surface area contributed by atoms with E-state index in [1.54, 1.807) is 6.20 Å². The molecule has 1 saturated heterocycles. The number of amides is 1. The molecule has 8 heteroatoms. The number of likely N-dealkylation sites (tertiary alicyclic amines) is 1. The Hall–Kier alpha value is -3.65. The van der Waals surface area contributed by atoms with Crippen LogP contribution in [0.25, 0.3) is 16.7 Å². The van der Waals surface area contributed by atoms with Gasteiger partial charge in [-0.3, -0.25) is 9.59 Å². The second-order valence-electron chi connectivity index (χ2n) is 7.93. The number of ether oxygens (including phenoxy) is 1. The topological polar surface area (TPSA) is 85.9 Å². The Labute approximate surface area is 184 Å². The molecule has 2 aromatic carbocycles. The Kier molecular flexibility index (Phi) is 5.71. The number of H-pyrrole nitrogens is 1. The summed E-state index contributed by atoms with van der Waals surface area (Å²) < 4.78 is 19.3. The summed E-state index contributed by atoms with van der Waals surface area (Å²) in [5.74, 6) is -2.40. The average molecular weight is 437 g/mol. The van der Waals surface area contributed by atoms with Gasteiger partial charge in [-0.25, -0.2) is 4.39 Å². The van der Waals surface area contributed by atoms with Crippen LogP contribution in [-0.2, 0) is 9.59 Å². The molecule has 3 aromatic rings. The largest absolute Gasteiger partial charge is 0.507 e. The van der Waals surface area contributed by atoms with Gasteiger partial charge < -0.3 is 24.6 Å². The van der Waals surface area contributed by atoms with Crippen LogP contribution in [0.15, 0.2) is 54.2 Å². The highest BCUT2D eigenvalue weighted by Gasteiger charge is 2.47. The zero-order chi connectivity index (χ0) is 23.0. The summed E-state index contributed by atoms with van der Waals surface area (Å²) in [6.45, 7) is 0.800. The number of nitrogens with zero attached hydrogens (tertiary/aromatic N) is 2. The van der Waals surface area contributed by atoms with Crippen molar-refractivity contribution in [3.63, 3.8) is 0 Å². The first-order valence-corrected chi connectivity index (χ1v) is 10.2. The van der Waals surface area contributed by atoms with E-state index >= 15 is 0 Å². The van der Waals surface area contributed by atoms with Crippen LogP contribution in [0.3, 0.4) is 0 Å². The van der Waals surface area contributed by atoms with Gasteiger partial charge in [0.2, 0.25) is 0 Å². The van der Waals surface area contributed by atoms with Gasteiger partial charge in [-0.2, -0.15) is 0 Å². The van der Waals surface area contributed by atoms with Crippen LogP contribution in [-0.4, -0.2) is 65.9 Å². The molecule has 1 unspecified atom stereocenters. The number of methoxy groups -OCH3 is 1. The molecule has 7 nitrogen and oxygen atoms in total. The monoisotopic (exact) mass is 437 g/mol. The Morgan fingerprint density at radius 3 is 2.69 bits per heavy atom. The number of rotatable bonds is 6. The first-order valence-electron chi connectivity index (χ1n) is 10.2. The van der Waals surface area contributed by atoms with Gasteiger partial charge in [-0.15, -0.1) is 0 Å². The van der Waals surface area contributed by atoms with Crippen LogP contribution in [0.4, 0.5) is 4.39 Å². The molecule has 0 spiro atoms. The van der Waals surface area contributed by atoms with Crippen LogP contribution in [0, 0.1) is 5.82 Å². The van der Waals surface area contributed by atoms with E-state index in [1.165, 1.54) is 24.1 Å². The molecule has 4 rings (SSSR count). The van der Waals surface area contributed by atoms with Gasteiger partial charge in [0.15, 0.2) is 0 Å². The van der Waals surface area contributed by atoms with E-state index < -0.39 is 29.3 Å². The number of aromatic nitrogens is 1. The first kappa shape index (κ1) is 21.6. The van der Waals surface area contributed by atoms with E-state index in [1.807, 2.05) is 43.3 Å². The lowest BCUT2D eigenvalue weighted by atomic mass is 9.94. The van der Waals surface area contributed by atoms with Crippen molar-refractivity contribution in [1.82, 2.24) is 14.8 Å². The maximum atomic E-state index is 14.0. The molecule has 0 bridgehead atoms. The summed E-state index contributed by atoms with van der Waals surface area (Å²) in [5, 5.41) is 12.0. The number of halogens is 1. The number of para-hydroxylation sites is 1. The number of aliphatic hydroxyl groups excluding tert-OH is 1. The van der Waals surface area contributed by atoms with Crippen molar-refractivity contribution < 1.29 is 23.8 Å². The molecule has 1 amide bonds. The lowest BCUT2D eigenvalue weighted by Crippen LogP contribution is -2.35. The summed E-state index contributed by atoms with van der Waals surface area (Å²) in [7, 11) is 5.13. The summed E-state index contributed by atoms with van der Waals surface area (Å²) in [4.78, 5) is 32.7. The van der Waals surface area contributed by atoms with E-state index in [4.69, 9.17) is 4.74 Å². The molecular formula is C24H24FN3O4. The van der Waals surface area contributed by atoms with Gasteiger partial charge in [0, 0.05) is 35.8 Å². The third-order valence-electron chi connectivity index (χ3n) is 5.66. The zero-order valence-electron chi connectivity index (χ0n) is 18.1. The molecular weight excluding hydrogens is 413 g/mol. The second-order valence-corrected chi connectivity index (χ2v) is 7.93. The molecule has 1 aliphatic heterocycles. The van der Waals surface area contributed by atoms with Gasteiger partial charge in [-0.05, 0) is 38.4 Å². The number of nitrogens with one attached hydrogen (secondary N) is 1. The molecule has 166 valence electrons. The van der Waals surface area contributed by atoms with Crippen molar-refractivity contribution in [2.75, 3.05) is 34.3 Å². The van der Waals surface area contributed by atoms with Crippen LogP contribution >= 0.6 is 0 Å². The molecule has 2 heterocycles. The smallest absolute Gasteiger partial charge is 0.295 e. The molecule has 0 radical (unpaired) electrons. The third kappa shape index (κ3) is 3.62. The fourth-order valence-electron chi connectivity index (χ4n) is 4.07. The lowest BCUT2D eigenvalue weighted by molar-refractivity contribution is -0.140. The lowest BCUT2D eigenvalue weighted by Gasteiger charge is -2.26. The maximum absolute atomic E-state index is 14.0. The third-order valence-corrected chi connectivity index (χ3v) is 5.66. The van der Waals surface area contributed by atoms with Crippen molar-refractivity contribution in [3.05, 3.63) is 71.2 Å². The zero-order valence-corrected chi connectivity index (χ0v) is 18.1. The van der Waals surface area contributed by atoms with E-state index in [0.717, 1.165) is 17.0 Å². The van der Waals surface area contributed by atoms with Gasteiger partial charge in [-0.1, -0.05) is 18.2 Å². The second kappa shape index (κ2) is 8.47. The van der Waals surface area contributed by atoms with Crippen molar-refractivity contribution in [2.45, 2.75) is 6.04 Å². The minimum Gasteiger partial charge on any atom is -0.507 e. The molecule has 32 heavy (non-hydrogen) atoms. The number of aliphatic hydroxyl groups is 1. The summed E-state index contributed by atoms with van der Waals surface area (Å²) >= 11 is 0. The Morgan fingerprint density at radius 2 is 1.97 bits per heavy atom. The number of likely N-dealkylation sites (N-methyl/N-ethyl adjacent to an activating group) is 1. The fourth-order valence-corrected chi connectivity index (χ4v) is 4.07. The molecule has 0 saturated carbocycles. The van der Waals surface area contributed by atoms with Crippen LogP contribution in [0.2, 0.25) is 0 Å². The molecule has 1 fully saturated rings. The normalized spacial score (nSPS) is 18.2. The van der Waals surface area contributed by atoms with E-state index in [9.17, 15) is 19.1 Å². The van der Waals surface area contributed by atoms with Crippen LogP contribution in [0.1, 0.15) is 17.2 Å². The Bertz CT molecular complexity index is 1230. The first-order chi connectivity index (χ1) is 15.3. The minimum atomic E-state index is -0.834. The Morgan fingerprint density at radius 1 is 1.22 bits per heavy atom. The van der Waals surface area contributed by atoms with Crippen molar-refractivity contribution in [3.8, 4) is 5.75 Å². The SMILES string of the molecule is COc1ccc(F)cc1/C(O)=C1\C(=O)C(=O)N(CCN(C)C)C1c1c[nH]c2ccccc12. The summed E-state index contributed by atoms with van der Waals surface area (Å²) in [6.07, 6.45) is 1.74. The number of fused-ring (bicyclic) bond motifs is 1. The van der Waals surface area contributed by atoms with Crippen molar-refractivity contribution in [1.29, 1.82) is 0 Å². The number of carbonyl (C=O) groups is 2. The van der Waals surface area contributed by atoms with Crippen molar-refractivity contribution in [2.24, 2.45) is 0 Å². The van der Waals surface area contributed by atoms with E-state index in [2.05, 4.69) is 4.98 Å². The summed E-state index contributed by atoms with van der Waals surface area (Å²) in [6, 6.07) is 10.3. The number of hydrogen-bond acceptors (Lipinski definition) is 5. The van der Waals surface area contributed by atoms with Crippen LogP contribution in [0.5, 0.6) is 5.75 Å². The highest BCUT2D eigenvalue weighted by molar-refractivity contribution is 6.46. The predicted octanol–water partition coefficient (Wildman–Crippen LogP) is 3.30. The molecule has 1 atom stereocenters. The average Bonchev–Trinajstić information content (AvgIpc) is 3.30. The molecule has 2 N–H and O–H groups in total. The van der Waals surface area contributed by atoms with Gasteiger partial charge in [0.25, 0.3) is 11.7 Å². The van der Waals surface area contributed by atoms with E-state index in [-0.39, 0.29) is 23.4 Å². The van der Waals surface area contributed by atoms with E-state index in [0.29, 0.717) is 12.1 Å². The number of aromatic amines is 1. The minimum absolute atomic E-state index is 0.0166. The number of carbonyl (C=O) groups excluding carboxylic acids is 2. The molecule has 1 aliphatic rings. The Balaban J connectivity index is 1.95. The predicted molar refractivity (Wildman–Crippen MR) is 119 cm³/mol. The fraction of sp³-hybridized carbons (Fsp3) is 0.250. The van der Waals surface area contributed by atoms with Crippen LogP contribution < -0.4 is 4.74 Å². The maximum Gasteiger partial charge on any atom is 0.295 e. The number of benzene rings is 2. The number of hydrogen-bond donors (Lipinski definition) is 2.